The quantitative estimate of drug-likeness (QED) is 0.844. The first kappa shape index (κ1) is 17.3. The molecule has 1 saturated heterocycles. The van der Waals surface area contributed by atoms with E-state index in [4.69, 9.17) is 11.6 Å². The maximum Gasteiger partial charge on any atom is 0.321 e. The Morgan fingerprint density at radius 1 is 1.25 bits per heavy atom. The molecule has 0 spiro atoms. The van der Waals surface area contributed by atoms with Crippen LogP contribution in [-0.2, 0) is 17.8 Å². The number of halogens is 1. The number of aliphatic carboxylic acids is 1. The van der Waals surface area contributed by atoms with Crippen LogP contribution in [0.15, 0.2) is 48.5 Å². The van der Waals surface area contributed by atoms with Gasteiger partial charge in [-0.25, -0.2) is 0 Å². The van der Waals surface area contributed by atoms with Gasteiger partial charge in [-0.1, -0.05) is 54.9 Å². The predicted molar refractivity (Wildman–Crippen MR) is 99.4 cm³/mol. The van der Waals surface area contributed by atoms with Crippen LogP contribution in [0.1, 0.15) is 29.0 Å². The Morgan fingerprint density at radius 3 is 2.58 bits per heavy atom. The molecule has 0 amide bonds. The van der Waals surface area contributed by atoms with Crippen LogP contribution in [0.3, 0.4) is 0 Å². The smallest absolute Gasteiger partial charge is 0.321 e. The van der Waals surface area contributed by atoms with Crippen molar-refractivity contribution >= 4 is 29.3 Å². The maximum atomic E-state index is 11.7. The van der Waals surface area contributed by atoms with E-state index < -0.39 is 12.0 Å². The van der Waals surface area contributed by atoms with Gasteiger partial charge < -0.3 is 5.11 Å². The first-order chi connectivity index (χ1) is 11.6. The lowest BCUT2D eigenvalue weighted by molar-refractivity contribution is -0.142. The monoisotopic (exact) mass is 361 g/mol. The van der Waals surface area contributed by atoms with Crippen molar-refractivity contribution in [1.29, 1.82) is 0 Å². The topological polar surface area (TPSA) is 40.5 Å². The van der Waals surface area contributed by atoms with Gasteiger partial charge in [0.05, 0.1) is 5.37 Å². The van der Waals surface area contributed by atoms with Crippen molar-refractivity contribution in [2.24, 2.45) is 0 Å². The summed E-state index contributed by atoms with van der Waals surface area (Å²) >= 11 is 7.78. The number of hydrogen-bond donors (Lipinski definition) is 1. The molecular weight excluding hydrogens is 342 g/mol. The van der Waals surface area contributed by atoms with Crippen LogP contribution < -0.4 is 0 Å². The minimum absolute atomic E-state index is 0.00986. The van der Waals surface area contributed by atoms with Crippen molar-refractivity contribution in [1.82, 2.24) is 4.90 Å². The van der Waals surface area contributed by atoms with E-state index in [1.807, 2.05) is 24.3 Å². The third kappa shape index (κ3) is 3.77. The predicted octanol–water partition coefficient (Wildman–Crippen LogP) is 4.60. The van der Waals surface area contributed by atoms with Gasteiger partial charge in [0, 0.05) is 17.3 Å². The van der Waals surface area contributed by atoms with Gasteiger partial charge in [0.25, 0.3) is 0 Å². The zero-order valence-corrected chi connectivity index (χ0v) is 15.1. The number of hydrogen-bond acceptors (Lipinski definition) is 3. The Bertz CT molecular complexity index is 720. The third-order valence-electron chi connectivity index (χ3n) is 4.33. The molecule has 0 saturated carbocycles. The van der Waals surface area contributed by atoms with Gasteiger partial charge in [-0.15, -0.1) is 11.8 Å². The SMILES string of the molecule is CCc1ccc(CN2C(C(=O)O)CSC2c2cccc(Cl)c2)cc1. The highest BCUT2D eigenvalue weighted by Crippen LogP contribution is 2.42. The minimum Gasteiger partial charge on any atom is -0.480 e. The number of aryl methyl sites for hydroxylation is 1. The molecule has 3 nitrogen and oxygen atoms in total. The molecule has 24 heavy (non-hydrogen) atoms. The van der Waals surface area contributed by atoms with Gasteiger partial charge in [-0.3, -0.25) is 9.69 Å². The van der Waals surface area contributed by atoms with Gasteiger partial charge in [0.1, 0.15) is 6.04 Å². The largest absolute Gasteiger partial charge is 0.480 e. The van der Waals surface area contributed by atoms with Crippen molar-refractivity contribution in [2.75, 3.05) is 5.75 Å². The second-order valence-electron chi connectivity index (χ2n) is 5.94. The average Bonchev–Trinajstić information content (AvgIpc) is 2.99. The number of carboxylic acid groups (broad SMARTS) is 1. The molecule has 0 aromatic heterocycles. The Hall–Kier alpha value is -1.49. The van der Waals surface area contributed by atoms with Crippen molar-refractivity contribution in [3.8, 4) is 0 Å². The second kappa shape index (κ2) is 7.60. The molecule has 1 heterocycles. The molecule has 2 unspecified atom stereocenters. The van der Waals surface area contributed by atoms with E-state index >= 15 is 0 Å². The highest BCUT2D eigenvalue weighted by molar-refractivity contribution is 7.99. The van der Waals surface area contributed by atoms with Gasteiger partial charge in [-0.05, 0) is 35.2 Å². The van der Waals surface area contributed by atoms with E-state index in [9.17, 15) is 9.90 Å². The second-order valence-corrected chi connectivity index (χ2v) is 7.49. The molecule has 3 rings (SSSR count). The molecule has 126 valence electrons. The van der Waals surface area contributed by atoms with E-state index in [0.717, 1.165) is 17.5 Å². The maximum absolute atomic E-state index is 11.7. The first-order valence-corrected chi connectivity index (χ1v) is 9.44. The first-order valence-electron chi connectivity index (χ1n) is 8.02. The van der Waals surface area contributed by atoms with E-state index in [0.29, 0.717) is 17.3 Å². The Morgan fingerprint density at radius 2 is 1.96 bits per heavy atom. The fraction of sp³-hybridized carbons (Fsp3) is 0.316. The average molecular weight is 362 g/mol. The zero-order valence-electron chi connectivity index (χ0n) is 13.5. The fourth-order valence-corrected chi connectivity index (χ4v) is 4.63. The summed E-state index contributed by atoms with van der Waals surface area (Å²) in [6, 6.07) is 15.6. The summed E-state index contributed by atoms with van der Waals surface area (Å²) in [5, 5.41) is 10.3. The van der Waals surface area contributed by atoms with Crippen LogP contribution in [0, 0.1) is 0 Å². The standard InChI is InChI=1S/C19H20ClNO2S/c1-2-13-6-8-14(9-7-13)11-21-17(19(22)23)12-24-18(21)15-4-3-5-16(20)10-15/h3-10,17-18H,2,11-12H2,1H3,(H,22,23). The van der Waals surface area contributed by atoms with Crippen molar-refractivity contribution in [3.05, 3.63) is 70.2 Å². The Kier molecular flexibility index (Phi) is 5.49. The van der Waals surface area contributed by atoms with Gasteiger partial charge >= 0.3 is 5.97 Å². The molecule has 2 aromatic rings. The number of benzene rings is 2. The fourth-order valence-electron chi connectivity index (χ4n) is 2.98. The molecule has 1 fully saturated rings. The lowest BCUT2D eigenvalue weighted by Gasteiger charge is -2.27. The molecular formula is C19H20ClNO2S. The van der Waals surface area contributed by atoms with Crippen LogP contribution >= 0.6 is 23.4 Å². The van der Waals surface area contributed by atoms with Crippen LogP contribution in [-0.4, -0.2) is 27.8 Å². The molecule has 0 bridgehead atoms. The minimum atomic E-state index is -0.766. The molecule has 0 aliphatic carbocycles. The Balaban J connectivity index is 1.87. The highest BCUT2D eigenvalue weighted by atomic mass is 35.5. The Labute approximate surface area is 151 Å². The van der Waals surface area contributed by atoms with Gasteiger partial charge in [0.15, 0.2) is 0 Å². The number of thioether (sulfide) groups is 1. The number of carbonyl (C=O) groups is 1. The van der Waals surface area contributed by atoms with Crippen LogP contribution in [0.2, 0.25) is 5.02 Å². The zero-order chi connectivity index (χ0) is 17.1. The molecule has 2 atom stereocenters. The summed E-state index contributed by atoms with van der Waals surface area (Å²) in [5.74, 6) is -0.184. The van der Waals surface area contributed by atoms with E-state index in [1.165, 1.54) is 5.56 Å². The molecule has 1 N–H and O–H groups in total. The molecule has 1 aliphatic rings. The van der Waals surface area contributed by atoms with Crippen LogP contribution in [0.4, 0.5) is 0 Å². The van der Waals surface area contributed by atoms with Gasteiger partial charge in [-0.2, -0.15) is 0 Å². The highest BCUT2D eigenvalue weighted by Gasteiger charge is 2.39. The summed E-state index contributed by atoms with van der Waals surface area (Å²) < 4.78 is 0. The van der Waals surface area contributed by atoms with E-state index in [1.54, 1.807) is 11.8 Å². The van der Waals surface area contributed by atoms with E-state index in [2.05, 4.69) is 36.1 Å². The van der Waals surface area contributed by atoms with Crippen molar-refractivity contribution < 1.29 is 9.90 Å². The number of carboxylic acids is 1. The van der Waals surface area contributed by atoms with Gasteiger partial charge in [0.2, 0.25) is 0 Å². The van der Waals surface area contributed by atoms with Crippen molar-refractivity contribution in [2.45, 2.75) is 31.3 Å². The molecule has 1 aliphatic heterocycles. The lowest BCUT2D eigenvalue weighted by Crippen LogP contribution is -2.38. The van der Waals surface area contributed by atoms with Crippen molar-refractivity contribution in [3.63, 3.8) is 0 Å². The molecule has 5 heteroatoms. The number of nitrogens with zero attached hydrogens (tertiary/aromatic N) is 1. The lowest BCUT2D eigenvalue weighted by atomic mass is 10.1. The summed E-state index contributed by atoms with van der Waals surface area (Å²) in [6.45, 7) is 2.74. The summed E-state index contributed by atoms with van der Waals surface area (Å²) in [7, 11) is 0. The summed E-state index contributed by atoms with van der Waals surface area (Å²) in [6.07, 6.45) is 1.00. The molecule has 2 aromatic carbocycles. The summed E-state index contributed by atoms with van der Waals surface area (Å²) in [5.41, 5.74) is 3.48. The molecule has 0 radical (unpaired) electrons. The van der Waals surface area contributed by atoms with E-state index in [-0.39, 0.29) is 5.37 Å². The normalized spacial score (nSPS) is 21.1. The number of rotatable bonds is 5. The summed E-state index contributed by atoms with van der Waals surface area (Å²) in [4.78, 5) is 13.7. The van der Waals surface area contributed by atoms with Crippen LogP contribution in [0.5, 0.6) is 0 Å². The third-order valence-corrected chi connectivity index (χ3v) is 5.93. The van der Waals surface area contributed by atoms with Crippen LogP contribution in [0.25, 0.3) is 0 Å².